The van der Waals surface area contributed by atoms with Crippen LogP contribution in [0, 0.1) is 0 Å². The van der Waals surface area contributed by atoms with Crippen molar-refractivity contribution in [3.05, 3.63) is 47.2 Å². The summed E-state index contributed by atoms with van der Waals surface area (Å²) in [6, 6.07) is 9.84. The lowest BCUT2D eigenvalue weighted by Gasteiger charge is -2.35. The van der Waals surface area contributed by atoms with Gasteiger partial charge in [0.1, 0.15) is 5.82 Å². The van der Waals surface area contributed by atoms with Gasteiger partial charge in [0.05, 0.1) is 0 Å². The molecule has 7 nitrogen and oxygen atoms in total. The Morgan fingerprint density at radius 3 is 2.35 bits per heavy atom. The Morgan fingerprint density at radius 2 is 1.77 bits per heavy atom. The maximum absolute atomic E-state index is 12.1. The number of anilines is 1. The van der Waals surface area contributed by atoms with Crippen LogP contribution in [-0.2, 0) is 17.0 Å². The number of nitrogens with one attached hydrogen (secondary N) is 1. The van der Waals surface area contributed by atoms with Gasteiger partial charge in [0, 0.05) is 62.2 Å². The maximum atomic E-state index is 12.1. The summed E-state index contributed by atoms with van der Waals surface area (Å²) in [4.78, 5) is 37.2. The van der Waals surface area contributed by atoms with E-state index in [0.29, 0.717) is 5.56 Å². The summed E-state index contributed by atoms with van der Waals surface area (Å²) in [5.74, 6) is 1.73. The summed E-state index contributed by atoms with van der Waals surface area (Å²) in [5.41, 5.74) is 2.80. The molecule has 1 aliphatic heterocycles. The number of amides is 2. The number of aryl methyl sites for hydroxylation is 1. The first-order chi connectivity index (χ1) is 14.9. The minimum atomic E-state index is -0.0531. The molecule has 1 fully saturated rings. The predicted octanol–water partition coefficient (Wildman–Crippen LogP) is 3.14. The highest BCUT2D eigenvalue weighted by molar-refractivity contribution is 7.98. The third-order valence-corrected chi connectivity index (χ3v) is 6.08. The summed E-state index contributed by atoms with van der Waals surface area (Å²) in [5, 5.41) is 3.66. The van der Waals surface area contributed by atoms with Crippen LogP contribution < -0.4 is 10.2 Å². The van der Waals surface area contributed by atoms with E-state index in [1.807, 2.05) is 43.0 Å². The number of nitrogens with zero attached hydrogens (tertiary/aromatic N) is 4. The lowest BCUT2D eigenvalue weighted by Crippen LogP contribution is -2.48. The highest BCUT2D eigenvalue weighted by atomic mass is 32.2. The monoisotopic (exact) mass is 441 g/mol. The van der Waals surface area contributed by atoms with Crippen LogP contribution in [0.25, 0.3) is 0 Å². The van der Waals surface area contributed by atoms with Crippen LogP contribution in [0.3, 0.4) is 0 Å². The zero-order valence-electron chi connectivity index (χ0n) is 18.7. The second-order valence-electron chi connectivity index (χ2n) is 7.96. The summed E-state index contributed by atoms with van der Waals surface area (Å²) in [7, 11) is 0. The Kier molecular flexibility index (Phi) is 7.90. The highest BCUT2D eigenvalue weighted by Crippen LogP contribution is 2.24. The molecule has 0 aliphatic carbocycles. The molecule has 1 saturated heterocycles. The number of thioether (sulfide) groups is 1. The average Bonchev–Trinajstić information content (AvgIpc) is 2.77. The fourth-order valence-electron chi connectivity index (χ4n) is 3.36. The van der Waals surface area contributed by atoms with Crippen molar-refractivity contribution in [2.24, 2.45) is 0 Å². The Hall–Kier alpha value is -2.61. The van der Waals surface area contributed by atoms with Crippen molar-refractivity contribution in [2.75, 3.05) is 31.1 Å². The summed E-state index contributed by atoms with van der Waals surface area (Å²) in [6.07, 6.45) is 0.843. The van der Waals surface area contributed by atoms with Gasteiger partial charge in [-0.15, -0.1) is 0 Å². The largest absolute Gasteiger partial charge is 0.353 e. The Balaban J connectivity index is 1.64. The molecule has 1 aromatic carbocycles. The molecular weight excluding hydrogens is 410 g/mol. The van der Waals surface area contributed by atoms with Crippen LogP contribution in [-0.4, -0.2) is 58.9 Å². The number of hydrogen-bond acceptors (Lipinski definition) is 6. The first-order valence-corrected chi connectivity index (χ1v) is 11.7. The van der Waals surface area contributed by atoms with E-state index in [0.717, 1.165) is 60.6 Å². The number of carbonyl (C=O) groups is 2. The van der Waals surface area contributed by atoms with Gasteiger partial charge >= 0.3 is 0 Å². The molecule has 2 heterocycles. The first-order valence-electron chi connectivity index (χ1n) is 10.8. The summed E-state index contributed by atoms with van der Waals surface area (Å²) < 4.78 is 0. The van der Waals surface area contributed by atoms with E-state index >= 15 is 0 Å². The van der Waals surface area contributed by atoms with E-state index in [-0.39, 0.29) is 17.9 Å². The van der Waals surface area contributed by atoms with Gasteiger partial charge in [-0.2, -0.15) is 0 Å². The number of carbonyl (C=O) groups excluding carboxylic acids is 2. The number of rotatable bonds is 7. The van der Waals surface area contributed by atoms with Crippen molar-refractivity contribution in [3.8, 4) is 0 Å². The molecule has 0 unspecified atom stereocenters. The van der Waals surface area contributed by atoms with E-state index in [1.54, 1.807) is 18.7 Å². The van der Waals surface area contributed by atoms with Crippen molar-refractivity contribution in [3.63, 3.8) is 0 Å². The molecule has 0 atom stereocenters. The zero-order valence-corrected chi connectivity index (χ0v) is 19.5. The molecule has 1 aliphatic rings. The molecule has 8 heteroatoms. The standard InChI is InChI=1S/C23H31N5O2S/c1-5-20-14-21(28-12-10-27(11-13-28)17(4)29)26-23(25-20)31-15-18-6-8-19(9-7-18)22(30)24-16(2)3/h6-9,14,16H,5,10-13,15H2,1-4H3,(H,24,30). The molecule has 0 spiro atoms. The van der Waals surface area contributed by atoms with Crippen LogP contribution in [0.2, 0.25) is 0 Å². The zero-order chi connectivity index (χ0) is 22.4. The minimum Gasteiger partial charge on any atom is -0.353 e. The maximum Gasteiger partial charge on any atom is 0.251 e. The van der Waals surface area contributed by atoms with Crippen molar-refractivity contribution in [1.29, 1.82) is 0 Å². The third kappa shape index (κ3) is 6.43. The Labute approximate surface area is 188 Å². The van der Waals surface area contributed by atoms with Gasteiger partial charge in [0.15, 0.2) is 5.16 Å². The summed E-state index contributed by atoms with van der Waals surface area (Å²) >= 11 is 1.60. The smallest absolute Gasteiger partial charge is 0.251 e. The molecule has 31 heavy (non-hydrogen) atoms. The van der Waals surface area contributed by atoms with Crippen LogP contribution in [0.15, 0.2) is 35.5 Å². The van der Waals surface area contributed by atoms with Gasteiger partial charge in [-0.1, -0.05) is 30.8 Å². The number of piperazine rings is 1. The molecule has 166 valence electrons. The van der Waals surface area contributed by atoms with Gasteiger partial charge in [-0.3, -0.25) is 9.59 Å². The van der Waals surface area contributed by atoms with E-state index in [1.165, 1.54) is 0 Å². The number of hydrogen-bond donors (Lipinski definition) is 1. The molecular formula is C23H31N5O2S. The number of aromatic nitrogens is 2. The van der Waals surface area contributed by atoms with E-state index < -0.39 is 0 Å². The fourth-order valence-corrected chi connectivity index (χ4v) is 4.19. The molecule has 3 rings (SSSR count). The molecule has 1 aromatic heterocycles. The normalized spacial score (nSPS) is 14.1. The van der Waals surface area contributed by atoms with E-state index in [9.17, 15) is 9.59 Å². The van der Waals surface area contributed by atoms with Crippen molar-refractivity contribution in [1.82, 2.24) is 20.2 Å². The predicted molar refractivity (Wildman–Crippen MR) is 124 cm³/mol. The Bertz CT molecular complexity index is 909. The van der Waals surface area contributed by atoms with Crippen molar-refractivity contribution < 1.29 is 9.59 Å². The fraction of sp³-hybridized carbons (Fsp3) is 0.478. The second kappa shape index (κ2) is 10.6. The van der Waals surface area contributed by atoms with Gasteiger partial charge in [-0.05, 0) is 38.0 Å². The lowest BCUT2D eigenvalue weighted by molar-refractivity contribution is -0.129. The average molecular weight is 442 g/mol. The molecule has 0 saturated carbocycles. The Morgan fingerprint density at radius 1 is 1.10 bits per heavy atom. The SMILES string of the molecule is CCc1cc(N2CCN(C(C)=O)CC2)nc(SCc2ccc(C(=O)NC(C)C)cc2)n1. The van der Waals surface area contributed by atoms with Gasteiger partial charge in [0.2, 0.25) is 5.91 Å². The minimum absolute atomic E-state index is 0.0531. The highest BCUT2D eigenvalue weighted by Gasteiger charge is 2.20. The van der Waals surface area contributed by atoms with Crippen LogP contribution in [0.1, 0.15) is 49.3 Å². The summed E-state index contributed by atoms with van der Waals surface area (Å²) in [6.45, 7) is 10.6. The molecule has 2 amide bonds. The van der Waals surface area contributed by atoms with Gasteiger partial charge in [-0.25, -0.2) is 9.97 Å². The number of benzene rings is 1. The quantitative estimate of drug-likeness (QED) is 0.525. The van der Waals surface area contributed by atoms with Crippen LogP contribution in [0.4, 0.5) is 5.82 Å². The van der Waals surface area contributed by atoms with Gasteiger partial charge < -0.3 is 15.1 Å². The second-order valence-corrected chi connectivity index (χ2v) is 8.90. The van der Waals surface area contributed by atoms with Crippen molar-refractivity contribution in [2.45, 2.75) is 51.1 Å². The van der Waals surface area contributed by atoms with E-state index in [2.05, 4.69) is 28.2 Å². The van der Waals surface area contributed by atoms with Crippen LogP contribution >= 0.6 is 11.8 Å². The third-order valence-electron chi connectivity index (χ3n) is 5.16. The first kappa shape index (κ1) is 23.1. The molecule has 0 bridgehead atoms. The van der Waals surface area contributed by atoms with Crippen molar-refractivity contribution >= 4 is 29.4 Å². The van der Waals surface area contributed by atoms with Gasteiger partial charge in [0.25, 0.3) is 5.91 Å². The molecule has 2 aromatic rings. The lowest BCUT2D eigenvalue weighted by atomic mass is 10.1. The van der Waals surface area contributed by atoms with E-state index in [4.69, 9.17) is 4.98 Å². The topological polar surface area (TPSA) is 78.4 Å². The molecule has 0 radical (unpaired) electrons. The molecule has 1 N–H and O–H groups in total. The van der Waals surface area contributed by atoms with Crippen LogP contribution in [0.5, 0.6) is 0 Å².